The van der Waals surface area contributed by atoms with Crippen LogP contribution in [0.3, 0.4) is 0 Å². The van der Waals surface area contributed by atoms with Gasteiger partial charge in [0, 0.05) is 43.8 Å². The molecule has 4 atom stereocenters. The van der Waals surface area contributed by atoms with Gasteiger partial charge in [0.2, 0.25) is 0 Å². The van der Waals surface area contributed by atoms with Crippen LogP contribution in [0.15, 0.2) is 29.3 Å². The molecule has 2 aliphatic heterocycles. The van der Waals surface area contributed by atoms with E-state index in [4.69, 9.17) is 21.1 Å². The van der Waals surface area contributed by atoms with Gasteiger partial charge in [0.1, 0.15) is 22.9 Å². The average Bonchev–Trinajstić information content (AvgIpc) is 3.22. The van der Waals surface area contributed by atoms with Gasteiger partial charge in [-0.3, -0.25) is 9.59 Å². The summed E-state index contributed by atoms with van der Waals surface area (Å²) in [5, 5.41) is 14.0. The van der Waals surface area contributed by atoms with Crippen molar-refractivity contribution in [3.05, 3.63) is 45.5 Å². The van der Waals surface area contributed by atoms with Gasteiger partial charge in [0.25, 0.3) is 11.5 Å². The van der Waals surface area contributed by atoms with Crippen molar-refractivity contribution in [3.8, 4) is 0 Å². The molecule has 184 valence electrons. The predicted molar refractivity (Wildman–Crippen MR) is 130 cm³/mol. The van der Waals surface area contributed by atoms with Crippen molar-refractivity contribution in [2.45, 2.75) is 24.9 Å². The Morgan fingerprint density at radius 2 is 2.03 bits per heavy atom. The predicted octanol–water partition coefficient (Wildman–Crippen LogP) is 2.06. The second-order valence-electron chi connectivity index (χ2n) is 9.22. The monoisotopic (exact) mass is 499 g/mol. The first-order valence-corrected chi connectivity index (χ1v) is 12.1. The summed E-state index contributed by atoms with van der Waals surface area (Å²) in [4.78, 5) is 30.9. The summed E-state index contributed by atoms with van der Waals surface area (Å²) in [6, 6.07) is 3.35. The Morgan fingerprint density at radius 1 is 1.20 bits per heavy atom. The van der Waals surface area contributed by atoms with Crippen LogP contribution in [0.25, 0.3) is 5.65 Å². The molecular weight excluding hydrogens is 474 g/mol. The van der Waals surface area contributed by atoms with Crippen LogP contribution >= 0.6 is 11.6 Å². The molecule has 3 fully saturated rings. The molecule has 0 radical (unpaired) electrons. The highest BCUT2D eigenvalue weighted by Gasteiger charge is 2.54. The number of nitrogens with zero attached hydrogens (tertiary/aromatic N) is 4. The van der Waals surface area contributed by atoms with Gasteiger partial charge in [-0.05, 0) is 18.9 Å². The number of hydrogen-bond donors (Lipinski definition) is 3. The van der Waals surface area contributed by atoms with E-state index in [0.29, 0.717) is 71.8 Å². The van der Waals surface area contributed by atoms with E-state index < -0.39 is 0 Å². The normalized spacial score (nSPS) is 25.3. The number of carbonyl (C=O) groups is 1. The zero-order chi connectivity index (χ0) is 24.1. The summed E-state index contributed by atoms with van der Waals surface area (Å²) >= 11 is 6.36. The summed E-state index contributed by atoms with van der Waals surface area (Å²) in [5.74, 6) is 1.54. The zero-order valence-electron chi connectivity index (χ0n) is 19.2. The molecule has 0 spiro atoms. The molecule has 1 unspecified atom stereocenters. The van der Waals surface area contributed by atoms with Crippen molar-refractivity contribution < 1.29 is 14.3 Å². The van der Waals surface area contributed by atoms with Crippen LogP contribution in [0.4, 0.5) is 17.3 Å². The number of fused-ring (bicyclic) bond motifs is 2. The van der Waals surface area contributed by atoms with Crippen LogP contribution in [-0.2, 0) is 9.47 Å². The second kappa shape index (κ2) is 8.81. The molecule has 3 aromatic rings. The summed E-state index contributed by atoms with van der Waals surface area (Å²) in [6.07, 6.45) is 4.88. The first-order chi connectivity index (χ1) is 17.0. The number of rotatable bonds is 6. The van der Waals surface area contributed by atoms with Crippen LogP contribution in [0.5, 0.6) is 0 Å². The Balaban J connectivity index is 1.32. The number of aromatic nitrogens is 4. The van der Waals surface area contributed by atoms with Crippen LogP contribution < -0.4 is 21.5 Å². The maximum absolute atomic E-state index is 13.2. The average molecular weight is 500 g/mol. The molecule has 1 amide bonds. The van der Waals surface area contributed by atoms with Gasteiger partial charge in [-0.2, -0.15) is 9.61 Å². The molecule has 2 saturated heterocycles. The highest BCUT2D eigenvalue weighted by molar-refractivity contribution is 6.30. The number of hydrogen-bond acceptors (Lipinski definition) is 8. The number of amides is 1. The third-order valence-corrected chi connectivity index (χ3v) is 7.23. The lowest BCUT2D eigenvalue weighted by Gasteiger charge is -2.25. The van der Waals surface area contributed by atoms with E-state index in [0.717, 1.165) is 12.8 Å². The Morgan fingerprint density at radius 3 is 2.77 bits per heavy atom. The maximum Gasteiger partial charge on any atom is 0.274 e. The van der Waals surface area contributed by atoms with Crippen LogP contribution in [0, 0.1) is 11.8 Å². The van der Waals surface area contributed by atoms with Crippen LogP contribution in [-0.4, -0.2) is 64.6 Å². The van der Waals surface area contributed by atoms with E-state index in [1.54, 1.807) is 34.5 Å². The van der Waals surface area contributed by atoms with Crippen molar-refractivity contribution in [3.63, 3.8) is 0 Å². The van der Waals surface area contributed by atoms with Crippen molar-refractivity contribution in [1.82, 2.24) is 24.5 Å². The summed E-state index contributed by atoms with van der Waals surface area (Å²) in [5.41, 5.74) is 0.811. The van der Waals surface area contributed by atoms with Crippen LogP contribution in [0.2, 0.25) is 5.02 Å². The Labute approximate surface area is 205 Å². The fourth-order valence-electron chi connectivity index (χ4n) is 5.06. The first kappa shape index (κ1) is 22.3. The van der Waals surface area contributed by atoms with Crippen molar-refractivity contribution in [1.29, 1.82) is 0 Å². The molecule has 5 heterocycles. The Hall–Kier alpha value is -3.15. The largest absolute Gasteiger partial charge is 0.381 e. The molecule has 3 N–H and O–H groups in total. The van der Waals surface area contributed by atoms with Crippen molar-refractivity contribution in [2.24, 2.45) is 11.8 Å². The molecule has 11 nitrogen and oxygen atoms in total. The summed E-state index contributed by atoms with van der Waals surface area (Å²) < 4.78 is 14.1. The lowest BCUT2D eigenvalue weighted by molar-refractivity contribution is 0.0581. The van der Waals surface area contributed by atoms with Gasteiger partial charge in [-0.15, -0.1) is 0 Å². The molecule has 0 bridgehead atoms. The third-order valence-electron chi connectivity index (χ3n) is 7.02. The highest BCUT2D eigenvalue weighted by Crippen LogP contribution is 2.44. The third kappa shape index (κ3) is 4.03. The number of pyridine rings is 1. The number of halogens is 1. The second-order valence-corrected chi connectivity index (χ2v) is 9.65. The molecule has 1 aliphatic carbocycles. The van der Waals surface area contributed by atoms with E-state index in [2.05, 4.69) is 26.0 Å². The van der Waals surface area contributed by atoms with E-state index in [1.807, 2.05) is 0 Å². The molecule has 35 heavy (non-hydrogen) atoms. The topological polar surface area (TPSA) is 124 Å². The number of carbonyl (C=O) groups excluding carboxylic acids is 1. The van der Waals surface area contributed by atoms with E-state index in [-0.39, 0.29) is 23.6 Å². The number of nitrogens with one attached hydrogen (secondary N) is 3. The quantitative estimate of drug-likeness (QED) is 0.471. The Bertz CT molecular complexity index is 1340. The number of ether oxygens (including phenoxy) is 2. The van der Waals surface area contributed by atoms with Crippen molar-refractivity contribution in [2.75, 3.05) is 44.1 Å². The van der Waals surface area contributed by atoms with E-state index in [1.165, 1.54) is 6.20 Å². The van der Waals surface area contributed by atoms with Gasteiger partial charge >= 0.3 is 0 Å². The molecule has 6 rings (SSSR count). The highest BCUT2D eigenvalue weighted by atomic mass is 35.5. The number of anilines is 3. The van der Waals surface area contributed by atoms with Gasteiger partial charge in [-0.25, -0.2) is 4.98 Å². The fourth-order valence-corrected chi connectivity index (χ4v) is 5.27. The maximum atomic E-state index is 13.2. The minimum absolute atomic E-state index is 0.0729. The lowest BCUT2D eigenvalue weighted by Crippen LogP contribution is -2.31. The van der Waals surface area contributed by atoms with Gasteiger partial charge in [0.05, 0.1) is 37.1 Å². The van der Waals surface area contributed by atoms with E-state index >= 15 is 0 Å². The van der Waals surface area contributed by atoms with E-state index in [9.17, 15) is 9.59 Å². The smallest absolute Gasteiger partial charge is 0.274 e. The van der Waals surface area contributed by atoms with Gasteiger partial charge in [-0.1, -0.05) is 11.6 Å². The van der Waals surface area contributed by atoms with Gasteiger partial charge in [0.15, 0.2) is 5.65 Å². The standard InChI is InChI=1S/C23H26ClN7O4/c1-25-19-6-18(27-17-5-12(24)8-30(23(17)33)13-3-2-4-34-9-13)28-21-14(7-26-31(19)21)22(32)29-20-15-10-35-11-16(15)20/h5-8,13,15-16,20,25H,2-4,9-11H2,1H3,(H,27,28)(H,29,32)/t13-,15-,16+,20?/m1/s1. The zero-order valence-corrected chi connectivity index (χ0v) is 19.9. The minimum atomic E-state index is -0.228. The first-order valence-electron chi connectivity index (χ1n) is 11.7. The Kier molecular flexibility index (Phi) is 5.62. The molecule has 0 aromatic carbocycles. The lowest BCUT2D eigenvalue weighted by atomic mass is 10.1. The molecular formula is C23H26ClN7O4. The van der Waals surface area contributed by atoms with Crippen molar-refractivity contribution >= 4 is 40.5 Å². The SMILES string of the molecule is CNc1cc(Nc2cc(Cl)cn([C@@H]3CCCOC3)c2=O)nc2c(C(=O)NC3[C@H]4COC[C@@H]34)cnn12. The molecule has 12 heteroatoms. The molecule has 3 aromatic heterocycles. The summed E-state index contributed by atoms with van der Waals surface area (Å²) in [6.45, 7) is 2.54. The van der Waals surface area contributed by atoms with Gasteiger partial charge < -0.3 is 30.0 Å². The molecule has 1 saturated carbocycles. The summed E-state index contributed by atoms with van der Waals surface area (Å²) in [7, 11) is 1.75. The fraction of sp³-hybridized carbons (Fsp3) is 0.478. The van der Waals surface area contributed by atoms with Crippen LogP contribution in [0.1, 0.15) is 29.2 Å². The minimum Gasteiger partial charge on any atom is -0.381 e. The molecule has 3 aliphatic rings.